The summed E-state index contributed by atoms with van der Waals surface area (Å²) in [7, 11) is 0. The second-order valence-electron chi connectivity index (χ2n) is 6.45. The standard InChI is InChI=1S/C22H22N2O4S/c1-2-3-13-28-18-11-9-16(10-12-18)14-19-21(26)24(22(27)29-19)15-20(25)23-17-7-5-4-6-8-17/h4-12,14H,2-3,13,15H2,1H3,(H,23,25)/b19-14-. The third-order valence-electron chi connectivity index (χ3n) is 4.18. The van der Waals surface area contributed by atoms with Crippen LogP contribution in [0.1, 0.15) is 25.3 Å². The van der Waals surface area contributed by atoms with E-state index in [1.807, 2.05) is 30.3 Å². The number of ether oxygens (including phenoxy) is 1. The van der Waals surface area contributed by atoms with Gasteiger partial charge in [0.2, 0.25) is 5.91 Å². The highest BCUT2D eigenvalue weighted by Gasteiger charge is 2.36. The molecule has 3 amide bonds. The van der Waals surface area contributed by atoms with Crippen LogP contribution in [-0.4, -0.2) is 35.1 Å². The van der Waals surface area contributed by atoms with Crippen molar-refractivity contribution in [3.8, 4) is 5.75 Å². The van der Waals surface area contributed by atoms with E-state index in [2.05, 4.69) is 12.2 Å². The molecule has 1 fully saturated rings. The van der Waals surface area contributed by atoms with Crippen molar-refractivity contribution in [1.82, 2.24) is 4.90 Å². The van der Waals surface area contributed by atoms with Crippen LogP contribution < -0.4 is 10.1 Å². The minimum atomic E-state index is -0.466. The average Bonchev–Trinajstić information content (AvgIpc) is 2.97. The van der Waals surface area contributed by atoms with Crippen LogP contribution in [0.25, 0.3) is 6.08 Å². The predicted molar refractivity (Wildman–Crippen MR) is 115 cm³/mol. The number of amides is 3. The molecule has 0 aliphatic carbocycles. The van der Waals surface area contributed by atoms with Gasteiger partial charge >= 0.3 is 0 Å². The molecular formula is C22H22N2O4S. The van der Waals surface area contributed by atoms with E-state index in [1.165, 1.54) is 0 Å². The van der Waals surface area contributed by atoms with Gasteiger partial charge in [0.05, 0.1) is 11.5 Å². The molecule has 1 N–H and O–H groups in total. The van der Waals surface area contributed by atoms with Crippen LogP contribution in [0, 0.1) is 0 Å². The molecule has 0 aromatic heterocycles. The van der Waals surface area contributed by atoms with Gasteiger partial charge in [-0.15, -0.1) is 0 Å². The minimum absolute atomic E-state index is 0.294. The lowest BCUT2D eigenvalue weighted by atomic mass is 10.2. The van der Waals surface area contributed by atoms with E-state index in [0.717, 1.165) is 40.8 Å². The van der Waals surface area contributed by atoms with E-state index >= 15 is 0 Å². The number of carbonyl (C=O) groups is 3. The molecule has 1 aliphatic rings. The summed E-state index contributed by atoms with van der Waals surface area (Å²) in [6.45, 7) is 2.45. The molecule has 0 unspecified atom stereocenters. The van der Waals surface area contributed by atoms with Gasteiger partial charge in [-0.05, 0) is 54.1 Å². The zero-order valence-electron chi connectivity index (χ0n) is 16.1. The highest BCUT2D eigenvalue weighted by molar-refractivity contribution is 8.18. The van der Waals surface area contributed by atoms with E-state index in [0.29, 0.717) is 17.2 Å². The van der Waals surface area contributed by atoms with Crippen LogP contribution in [0.5, 0.6) is 5.75 Å². The quantitative estimate of drug-likeness (QED) is 0.511. The largest absolute Gasteiger partial charge is 0.494 e. The Kier molecular flexibility index (Phi) is 7.08. The zero-order valence-corrected chi connectivity index (χ0v) is 16.9. The van der Waals surface area contributed by atoms with Crippen molar-refractivity contribution >= 4 is 40.6 Å². The Balaban J connectivity index is 1.61. The first-order valence-corrected chi connectivity index (χ1v) is 10.2. The molecule has 1 saturated heterocycles. The van der Waals surface area contributed by atoms with Crippen molar-refractivity contribution in [2.24, 2.45) is 0 Å². The van der Waals surface area contributed by atoms with E-state index in [-0.39, 0.29) is 6.54 Å². The number of thioether (sulfide) groups is 1. The fraction of sp³-hybridized carbons (Fsp3) is 0.227. The summed E-state index contributed by atoms with van der Waals surface area (Å²) in [5.41, 5.74) is 1.40. The lowest BCUT2D eigenvalue weighted by molar-refractivity contribution is -0.127. The Morgan fingerprint density at radius 2 is 1.83 bits per heavy atom. The van der Waals surface area contributed by atoms with Gasteiger partial charge in [-0.25, -0.2) is 0 Å². The van der Waals surface area contributed by atoms with Crippen LogP contribution >= 0.6 is 11.8 Å². The van der Waals surface area contributed by atoms with Crippen molar-refractivity contribution in [3.63, 3.8) is 0 Å². The van der Waals surface area contributed by atoms with Gasteiger partial charge in [0.1, 0.15) is 12.3 Å². The normalized spacial score (nSPS) is 15.1. The molecule has 150 valence electrons. The molecule has 0 spiro atoms. The Hall–Kier alpha value is -3.06. The Morgan fingerprint density at radius 1 is 1.10 bits per heavy atom. The van der Waals surface area contributed by atoms with Crippen molar-refractivity contribution in [1.29, 1.82) is 0 Å². The molecule has 2 aromatic carbocycles. The summed E-state index contributed by atoms with van der Waals surface area (Å²) < 4.78 is 5.62. The topological polar surface area (TPSA) is 75.7 Å². The van der Waals surface area contributed by atoms with Crippen LogP contribution in [0.3, 0.4) is 0 Å². The second kappa shape index (κ2) is 9.93. The fourth-order valence-electron chi connectivity index (χ4n) is 2.65. The smallest absolute Gasteiger partial charge is 0.294 e. The maximum atomic E-state index is 12.6. The highest BCUT2D eigenvalue weighted by atomic mass is 32.2. The summed E-state index contributed by atoms with van der Waals surface area (Å²) in [4.78, 5) is 38.2. The monoisotopic (exact) mass is 410 g/mol. The number of hydrogen-bond donors (Lipinski definition) is 1. The summed E-state index contributed by atoms with van der Waals surface area (Å²) in [5.74, 6) is -0.124. The second-order valence-corrected chi connectivity index (χ2v) is 7.45. The predicted octanol–water partition coefficient (Wildman–Crippen LogP) is 4.54. The Bertz CT molecular complexity index is 910. The maximum absolute atomic E-state index is 12.6. The SMILES string of the molecule is CCCCOc1ccc(/C=C2\SC(=O)N(CC(=O)Nc3ccccc3)C2=O)cc1. The molecule has 6 nitrogen and oxygen atoms in total. The van der Waals surface area contributed by atoms with Crippen molar-refractivity contribution < 1.29 is 19.1 Å². The summed E-state index contributed by atoms with van der Waals surface area (Å²) in [6, 6.07) is 16.2. The highest BCUT2D eigenvalue weighted by Crippen LogP contribution is 2.32. The van der Waals surface area contributed by atoms with Crippen LogP contribution in [0.2, 0.25) is 0 Å². The molecule has 3 rings (SSSR count). The molecule has 0 radical (unpaired) electrons. The number of imide groups is 1. The van der Waals surface area contributed by atoms with Gasteiger partial charge in [0, 0.05) is 5.69 Å². The first kappa shape index (κ1) is 20.7. The Morgan fingerprint density at radius 3 is 2.52 bits per heavy atom. The van der Waals surface area contributed by atoms with Crippen LogP contribution in [-0.2, 0) is 9.59 Å². The fourth-order valence-corrected chi connectivity index (χ4v) is 3.49. The number of carbonyl (C=O) groups excluding carboxylic acids is 3. The van der Waals surface area contributed by atoms with Gasteiger partial charge in [-0.1, -0.05) is 43.7 Å². The molecular weight excluding hydrogens is 388 g/mol. The number of hydrogen-bond acceptors (Lipinski definition) is 5. The number of para-hydroxylation sites is 1. The minimum Gasteiger partial charge on any atom is -0.494 e. The molecule has 0 bridgehead atoms. The van der Waals surface area contributed by atoms with E-state index < -0.39 is 17.1 Å². The molecule has 1 heterocycles. The van der Waals surface area contributed by atoms with E-state index in [4.69, 9.17) is 4.74 Å². The van der Waals surface area contributed by atoms with E-state index in [1.54, 1.807) is 30.3 Å². The van der Waals surface area contributed by atoms with Gasteiger partial charge < -0.3 is 10.1 Å². The number of benzene rings is 2. The number of rotatable bonds is 8. The summed E-state index contributed by atoms with van der Waals surface area (Å²) in [5, 5.41) is 2.22. The number of anilines is 1. The first-order valence-electron chi connectivity index (χ1n) is 9.40. The van der Waals surface area contributed by atoms with Gasteiger partial charge in [0.25, 0.3) is 11.1 Å². The van der Waals surface area contributed by atoms with E-state index in [9.17, 15) is 14.4 Å². The lowest BCUT2D eigenvalue weighted by Crippen LogP contribution is -2.36. The Labute approximate surface area is 173 Å². The molecule has 0 saturated carbocycles. The average molecular weight is 410 g/mol. The third-order valence-corrected chi connectivity index (χ3v) is 5.08. The third kappa shape index (κ3) is 5.71. The number of unbranched alkanes of at least 4 members (excludes halogenated alkanes) is 1. The van der Waals surface area contributed by atoms with Crippen molar-refractivity contribution in [2.75, 3.05) is 18.5 Å². The lowest BCUT2D eigenvalue weighted by Gasteiger charge is -2.12. The molecule has 1 aliphatic heterocycles. The van der Waals surface area contributed by atoms with Crippen molar-refractivity contribution in [2.45, 2.75) is 19.8 Å². The molecule has 2 aromatic rings. The zero-order chi connectivity index (χ0) is 20.6. The van der Waals surface area contributed by atoms with Gasteiger partial charge in [0.15, 0.2) is 0 Å². The maximum Gasteiger partial charge on any atom is 0.294 e. The van der Waals surface area contributed by atoms with Gasteiger partial charge in [-0.2, -0.15) is 0 Å². The molecule has 29 heavy (non-hydrogen) atoms. The van der Waals surface area contributed by atoms with Crippen LogP contribution in [0.4, 0.5) is 10.5 Å². The molecule has 7 heteroatoms. The summed E-state index contributed by atoms with van der Waals surface area (Å²) >= 11 is 0.833. The van der Waals surface area contributed by atoms with Crippen LogP contribution in [0.15, 0.2) is 59.5 Å². The first-order chi connectivity index (χ1) is 14.1. The number of nitrogens with one attached hydrogen (secondary N) is 1. The van der Waals surface area contributed by atoms with Gasteiger partial charge in [-0.3, -0.25) is 19.3 Å². The number of nitrogens with zero attached hydrogens (tertiary/aromatic N) is 1. The summed E-state index contributed by atoms with van der Waals surface area (Å²) in [6.07, 6.45) is 3.71. The molecule has 0 atom stereocenters. The van der Waals surface area contributed by atoms with Crippen molar-refractivity contribution in [3.05, 3.63) is 65.1 Å².